The van der Waals surface area contributed by atoms with E-state index in [1.54, 1.807) is 25.1 Å². The molecule has 1 aromatic carbocycles. The molecule has 7 heteroatoms. The molecule has 6 nitrogen and oxygen atoms in total. The SMILES string of the molecule is Cc1c(S(N)(=O)=O)cc(-c2cc(C(=O)O)cc(C(C)(C)C)c2)n1CC1CCCCC1. The van der Waals surface area contributed by atoms with Gasteiger partial charge in [0.2, 0.25) is 10.0 Å². The first kappa shape index (κ1) is 22.6. The molecule has 0 saturated heterocycles. The highest BCUT2D eigenvalue weighted by Crippen LogP contribution is 2.35. The molecule has 0 atom stereocenters. The van der Waals surface area contributed by atoms with Crippen LogP contribution in [0.25, 0.3) is 11.3 Å². The summed E-state index contributed by atoms with van der Waals surface area (Å²) in [5, 5.41) is 15.1. The van der Waals surface area contributed by atoms with Gasteiger partial charge in [0, 0.05) is 17.9 Å². The summed E-state index contributed by atoms with van der Waals surface area (Å²) >= 11 is 0. The molecule has 164 valence electrons. The maximum Gasteiger partial charge on any atom is 0.335 e. The second-order valence-corrected chi connectivity index (χ2v) is 11.0. The molecule has 1 saturated carbocycles. The number of aromatic nitrogens is 1. The van der Waals surface area contributed by atoms with Gasteiger partial charge in [-0.05, 0) is 66.5 Å². The van der Waals surface area contributed by atoms with E-state index in [9.17, 15) is 18.3 Å². The maximum atomic E-state index is 12.2. The van der Waals surface area contributed by atoms with Crippen LogP contribution < -0.4 is 5.14 Å². The number of hydrogen-bond donors (Lipinski definition) is 2. The van der Waals surface area contributed by atoms with E-state index in [0.29, 0.717) is 29.4 Å². The van der Waals surface area contributed by atoms with Gasteiger partial charge in [0.15, 0.2) is 0 Å². The molecule has 0 amide bonds. The Morgan fingerprint density at radius 3 is 2.30 bits per heavy atom. The van der Waals surface area contributed by atoms with Gasteiger partial charge in [-0.3, -0.25) is 0 Å². The number of sulfonamides is 1. The molecule has 0 unspecified atom stereocenters. The van der Waals surface area contributed by atoms with E-state index in [1.165, 1.54) is 19.3 Å². The minimum absolute atomic E-state index is 0.103. The van der Waals surface area contributed by atoms with Crippen LogP contribution in [0.3, 0.4) is 0 Å². The minimum atomic E-state index is -3.89. The average Bonchev–Trinajstić information content (AvgIpc) is 2.98. The van der Waals surface area contributed by atoms with Crippen molar-refractivity contribution in [2.24, 2.45) is 11.1 Å². The molecule has 3 N–H and O–H groups in total. The van der Waals surface area contributed by atoms with Crippen molar-refractivity contribution < 1.29 is 18.3 Å². The van der Waals surface area contributed by atoms with Crippen molar-refractivity contribution in [1.29, 1.82) is 0 Å². The molecule has 3 rings (SSSR count). The van der Waals surface area contributed by atoms with Crippen molar-refractivity contribution in [3.63, 3.8) is 0 Å². The molecule has 2 aromatic rings. The monoisotopic (exact) mass is 432 g/mol. The third-order valence-corrected chi connectivity index (χ3v) is 7.16. The number of benzene rings is 1. The third-order valence-electron chi connectivity index (χ3n) is 6.13. The third kappa shape index (κ3) is 4.78. The normalized spacial score (nSPS) is 16.0. The Labute approximate surface area is 179 Å². The second-order valence-electron chi connectivity index (χ2n) is 9.49. The molecule has 0 bridgehead atoms. The molecule has 30 heavy (non-hydrogen) atoms. The van der Waals surface area contributed by atoms with E-state index in [2.05, 4.69) is 0 Å². The van der Waals surface area contributed by atoms with Gasteiger partial charge in [-0.2, -0.15) is 0 Å². The van der Waals surface area contributed by atoms with Gasteiger partial charge >= 0.3 is 5.97 Å². The lowest BCUT2D eigenvalue weighted by Gasteiger charge is -2.25. The number of carboxylic acids is 1. The molecule has 0 aliphatic heterocycles. The van der Waals surface area contributed by atoms with Crippen LogP contribution in [0.15, 0.2) is 29.2 Å². The number of rotatable bonds is 5. The molecule has 0 spiro atoms. The smallest absolute Gasteiger partial charge is 0.335 e. The Hall–Kier alpha value is -2.12. The summed E-state index contributed by atoms with van der Waals surface area (Å²) in [5.41, 5.74) is 2.84. The zero-order valence-corrected chi connectivity index (χ0v) is 19.1. The van der Waals surface area contributed by atoms with Gasteiger partial charge < -0.3 is 9.67 Å². The van der Waals surface area contributed by atoms with Gasteiger partial charge in [0.25, 0.3) is 0 Å². The summed E-state index contributed by atoms with van der Waals surface area (Å²) in [7, 11) is -3.89. The first-order valence-corrected chi connectivity index (χ1v) is 12.0. The molecule has 1 fully saturated rings. The topological polar surface area (TPSA) is 102 Å². The van der Waals surface area contributed by atoms with Crippen molar-refractivity contribution in [3.05, 3.63) is 41.1 Å². The van der Waals surface area contributed by atoms with E-state index < -0.39 is 16.0 Å². The Balaban J connectivity index is 2.21. The predicted octanol–water partition coefficient (Wildman–Crippen LogP) is 4.69. The minimum Gasteiger partial charge on any atom is -0.478 e. The quantitative estimate of drug-likeness (QED) is 0.715. The van der Waals surface area contributed by atoms with Crippen LogP contribution in [0.2, 0.25) is 0 Å². The lowest BCUT2D eigenvalue weighted by atomic mass is 9.84. The maximum absolute atomic E-state index is 12.2. The highest BCUT2D eigenvalue weighted by Gasteiger charge is 2.25. The van der Waals surface area contributed by atoms with Crippen LogP contribution in [-0.2, 0) is 22.0 Å². The second kappa shape index (κ2) is 8.19. The summed E-state index contributed by atoms with van der Waals surface area (Å²) in [4.78, 5) is 11.9. The van der Waals surface area contributed by atoms with E-state index in [-0.39, 0.29) is 15.9 Å². The average molecular weight is 433 g/mol. The Morgan fingerprint density at radius 2 is 1.77 bits per heavy atom. The molecular formula is C23H32N2O4S. The molecule has 1 aliphatic carbocycles. The van der Waals surface area contributed by atoms with E-state index >= 15 is 0 Å². The van der Waals surface area contributed by atoms with Crippen molar-refractivity contribution >= 4 is 16.0 Å². The lowest BCUT2D eigenvalue weighted by molar-refractivity contribution is 0.0696. The molecule has 1 aliphatic rings. The van der Waals surface area contributed by atoms with Gasteiger partial charge in [-0.1, -0.05) is 40.0 Å². The number of primary sulfonamides is 1. The van der Waals surface area contributed by atoms with Crippen LogP contribution >= 0.6 is 0 Å². The van der Waals surface area contributed by atoms with Crippen LogP contribution in [0, 0.1) is 12.8 Å². The largest absolute Gasteiger partial charge is 0.478 e. The van der Waals surface area contributed by atoms with Crippen LogP contribution in [-0.4, -0.2) is 24.1 Å². The Morgan fingerprint density at radius 1 is 1.13 bits per heavy atom. The fourth-order valence-corrected chi connectivity index (χ4v) is 5.14. The fraction of sp³-hybridized carbons (Fsp3) is 0.522. The lowest BCUT2D eigenvalue weighted by Crippen LogP contribution is -2.17. The number of nitrogens with two attached hydrogens (primary N) is 1. The summed E-state index contributed by atoms with van der Waals surface area (Å²) in [5.74, 6) is -0.530. The zero-order chi connectivity index (χ0) is 22.3. The molecule has 1 heterocycles. The predicted molar refractivity (Wildman–Crippen MR) is 118 cm³/mol. The standard InChI is InChI=1S/C23H32N2O4S/c1-15-21(30(24,28)29)13-20(25(15)14-16-8-6-5-7-9-16)17-10-18(22(26)27)12-19(11-17)23(2,3)4/h10-13,16H,5-9,14H2,1-4H3,(H,26,27)(H2,24,28,29). The molecule has 0 radical (unpaired) electrons. The van der Waals surface area contributed by atoms with E-state index in [4.69, 9.17) is 5.14 Å². The van der Waals surface area contributed by atoms with Gasteiger partial charge in [-0.15, -0.1) is 0 Å². The summed E-state index contributed by atoms with van der Waals surface area (Å²) in [6.07, 6.45) is 5.84. The molecule has 1 aromatic heterocycles. The van der Waals surface area contributed by atoms with Crippen LogP contribution in [0.5, 0.6) is 0 Å². The fourth-order valence-electron chi connectivity index (χ4n) is 4.34. The van der Waals surface area contributed by atoms with Gasteiger partial charge in [-0.25, -0.2) is 18.4 Å². The van der Waals surface area contributed by atoms with Crippen molar-refractivity contribution in [2.45, 2.75) is 76.7 Å². The van der Waals surface area contributed by atoms with Crippen LogP contribution in [0.4, 0.5) is 0 Å². The Bertz CT molecular complexity index is 1060. The number of nitrogens with zero attached hydrogens (tertiary/aromatic N) is 1. The first-order valence-electron chi connectivity index (χ1n) is 10.5. The van der Waals surface area contributed by atoms with Crippen molar-refractivity contribution in [1.82, 2.24) is 4.57 Å². The van der Waals surface area contributed by atoms with E-state index in [1.807, 2.05) is 31.4 Å². The van der Waals surface area contributed by atoms with Gasteiger partial charge in [0.05, 0.1) is 5.56 Å². The van der Waals surface area contributed by atoms with Crippen molar-refractivity contribution in [3.8, 4) is 11.3 Å². The van der Waals surface area contributed by atoms with Crippen LogP contribution in [0.1, 0.15) is 74.5 Å². The first-order chi connectivity index (χ1) is 13.9. The highest BCUT2D eigenvalue weighted by molar-refractivity contribution is 7.89. The van der Waals surface area contributed by atoms with Crippen molar-refractivity contribution in [2.75, 3.05) is 0 Å². The summed E-state index contributed by atoms with van der Waals surface area (Å²) < 4.78 is 26.4. The summed E-state index contributed by atoms with van der Waals surface area (Å²) in [6.45, 7) is 8.57. The number of aromatic carboxylic acids is 1. The number of hydrogen-bond acceptors (Lipinski definition) is 3. The zero-order valence-electron chi connectivity index (χ0n) is 18.2. The molecular weight excluding hydrogens is 400 g/mol. The number of carboxylic acid groups (broad SMARTS) is 1. The van der Waals surface area contributed by atoms with Gasteiger partial charge in [0.1, 0.15) is 4.90 Å². The highest BCUT2D eigenvalue weighted by atomic mass is 32.2. The Kier molecular flexibility index (Phi) is 6.16. The van der Waals surface area contributed by atoms with E-state index in [0.717, 1.165) is 18.4 Å². The summed E-state index contributed by atoms with van der Waals surface area (Å²) in [6, 6.07) is 6.87. The number of carbonyl (C=O) groups is 1.